The van der Waals surface area contributed by atoms with Crippen molar-refractivity contribution < 1.29 is 14.0 Å². The Bertz CT molecular complexity index is 845. The van der Waals surface area contributed by atoms with Gasteiger partial charge in [-0.3, -0.25) is 14.5 Å². The third-order valence-electron chi connectivity index (χ3n) is 3.20. The number of likely N-dealkylation sites (N-methyl/N-ethyl adjacent to an activating group) is 1. The van der Waals surface area contributed by atoms with Crippen LogP contribution in [0.15, 0.2) is 45.7 Å². The molecule has 0 N–H and O–H groups in total. The normalized spacial score (nSPS) is 16.4. The van der Waals surface area contributed by atoms with Crippen LogP contribution in [0.2, 0.25) is 0 Å². The van der Waals surface area contributed by atoms with Gasteiger partial charge in [0.2, 0.25) is 0 Å². The SMILES string of the molecule is CN1C(=O)S/C(=C/c2ccc(-c3ccccc3C#N)o2)C1=O. The average Bonchev–Trinajstić information content (AvgIpc) is 3.09. The Morgan fingerprint density at radius 3 is 2.68 bits per heavy atom. The van der Waals surface area contributed by atoms with E-state index in [4.69, 9.17) is 9.68 Å². The summed E-state index contributed by atoms with van der Waals surface area (Å²) in [5.41, 5.74) is 1.20. The summed E-state index contributed by atoms with van der Waals surface area (Å²) in [5, 5.41) is 8.81. The largest absolute Gasteiger partial charge is 0.457 e. The molecule has 2 aromatic rings. The van der Waals surface area contributed by atoms with Crippen molar-refractivity contribution in [1.29, 1.82) is 5.26 Å². The lowest BCUT2D eigenvalue weighted by atomic mass is 10.1. The van der Waals surface area contributed by atoms with E-state index in [2.05, 4.69) is 6.07 Å². The summed E-state index contributed by atoms with van der Waals surface area (Å²) < 4.78 is 5.67. The Morgan fingerprint density at radius 2 is 2.00 bits per heavy atom. The van der Waals surface area contributed by atoms with Crippen LogP contribution in [0.3, 0.4) is 0 Å². The highest BCUT2D eigenvalue weighted by Crippen LogP contribution is 2.32. The van der Waals surface area contributed by atoms with Crippen molar-refractivity contribution in [3.63, 3.8) is 0 Å². The molecule has 0 saturated carbocycles. The van der Waals surface area contributed by atoms with E-state index in [-0.39, 0.29) is 11.1 Å². The van der Waals surface area contributed by atoms with Crippen molar-refractivity contribution >= 4 is 29.0 Å². The van der Waals surface area contributed by atoms with Crippen LogP contribution in [-0.2, 0) is 4.79 Å². The van der Waals surface area contributed by atoms with Crippen molar-refractivity contribution in [2.45, 2.75) is 0 Å². The summed E-state index contributed by atoms with van der Waals surface area (Å²) >= 11 is 0.876. The van der Waals surface area contributed by atoms with Crippen molar-refractivity contribution in [3.05, 3.63) is 52.6 Å². The molecule has 0 unspecified atom stereocenters. The predicted molar refractivity (Wildman–Crippen MR) is 82.6 cm³/mol. The van der Waals surface area contributed by atoms with E-state index in [1.165, 1.54) is 13.1 Å². The second-order valence-corrected chi connectivity index (χ2v) is 5.59. The van der Waals surface area contributed by atoms with Gasteiger partial charge in [-0.25, -0.2) is 0 Å². The number of nitriles is 1. The van der Waals surface area contributed by atoms with Gasteiger partial charge in [0, 0.05) is 18.7 Å². The monoisotopic (exact) mass is 310 g/mol. The molecule has 3 rings (SSSR count). The quantitative estimate of drug-likeness (QED) is 0.794. The van der Waals surface area contributed by atoms with Gasteiger partial charge < -0.3 is 4.42 Å². The minimum absolute atomic E-state index is 0.308. The Labute approximate surface area is 130 Å². The summed E-state index contributed by atoms with van der Waals surface area (Å²) in [6, 6.07) is 12.6. The van der Waals surface area contributed by atoms with Crippen LogP contribution in [0.5, 0.6) is 0 Å². The molecule has 1 aliphatic heterocycles. The second kappa shape index (κ2) is 5.54. The molecule has 6 heteroatoms. The third kappa shape index (κ3) is 2.43. The van der Waals surface area contributed by atoms with Crippen LogP contribution < -0.4 is 0 Å². The first-order chi connectivity index (χ1) is 10.6. The molecule has 5 nitrogen and oxygen atoms in total. The summed E-state index contributed by atoms with van der Waals surface area (Å²) in [6.07, 6.45) is 1.53. The highest BCUT2D eigenvalue weighted by atomic mass is 32.2. The Morgan fingerprint density at radius 1 is 1.23 bits per heavy atom. The molecule has 1 aromatic carbocycles. The second-order valence-electron chi connectivity index (χ2n) is 4.60. The first kappa shape index (κ1) is 14.2. The van der Waals surface area contributed by atoms with E-state index in [0.29, 0.717) is 27.6 Å². The van der Waals surface area contributed by atoms with Gasteiger partial charge in [0.1, 0.15) is 11.5 Å². The molecule has 1 aromatic heterocycles. The van der Waals surface area contributed by atoms with Gasteiger partial charge in [0.05, 0.1) is 16.5 Å². The molecule has 0 spiro atoms. The van der Waals surface area contributed by atoms with E-state index in [1.807, 2.05) is 6.07 Å². The Hall–Kier alpha value is -2.78. The number of imide groups is 1. The number of amides is 2. The molecule has 0 atom stereocenters. The van der Waals surface area contributed by atoms with Crippen LogP contribution in [0.1, 0.15) is 11.3 Å². The molecular formula is C16H10N2O3S. The number of carbonyl (C=O) groups excluding carboxylic acids is 2. The standard InChI is InChI=1S/C16H10N2O3S/c1-18-15(19)14(22-16(18)20)8-11-6-7-13(21-11)12-5-3-2-4-10(12)9-17/h2-8H,1H3/b14-8+. The highest BCUT2D eigenvalue weighted by molar-refractivity contribution is 8.18. The number of furan rings is 1. The zero-order valence-corrected chi connectivity index (χ0v) is 12.4. The van der Waals surface area contributed by atoms with Crippen molar-refractivity contribution in [2.75, 3.05) is 7.05 Å². The number of hydrogen-bond donors (Lipinski definition) is 0. The van der Waals surface area contributed by atoms with E-state index in [0.717, 1.165) is 16.7 Å². The number of benzene rings is 1. The van der Waals surface area contributed by atoms with Gasteiger partial charge in [-0.2, -0.15) is 5.26 Å². The molecule has 0 aliphatic carbocycles. The molecule has 108 valence electrons. The number of rotatable bonds is 2. The third-order valence-corrected chi connectivity index (χ3v) is 4.16. The first-order valence-corrected chi connectivity index (χ1v) is 7.22. The number of nitrogens with zero attached hydrogens (tertiary/aromatic N) is 2. The molecule has 22 heavy (non-hydrogen) atoms. The van der Waals surface area contributed by atoms with E-state index in [9.17, 15) is 9.59 Å². The topological polar surface area (TPSA) is 74.3 Å². The smallest absolute Gasteiger partial charge is 0.293 e. The molecule has 1 fully saturated rings. The maximum absolute atomic E-state index is 11.8. The molecule has 1 aliphatic rings. The Kier molecular flexibility index (Phi) is 3.57. The number of hydrogen-bond acceptors (Lipinski definition) is 5. The maximum atomic E-state index is 11.8. The summed E-state index contributed by atoms with van der Waals surface area (Å²) in [6.45, 7) is 0. The van der Waals surface area contributed by atoms with Crippen LogP contribution in [0.4, 0.5) is 4.79 Å². The summed E-state index contributed by atoms with van der Waals surface area (Å²) in [7, 11) is 1.44. The molecule has 2 amide bonds. The van der Waals surface area contributed by atoms with Gasteiger partial charge in [0.25, 0.3) is 11.1 Å². The van der Waals surface area contributed by atoms with Crippen molar-refractivity contribution in [2.24, 2.45) is 0 Å². The van der Waals surface area contributed by atoms with Gasteiger partial charge in [-0.1, -0.05) is 12.1 Å². The lowest BCUT2D eigenvalue weighted by Crippen LogP contribution is -2.22. The minimum Gasteiger partial charge on any atom is -0.457 e. The fourth-order valence-corrected chi connectivity index (χ4v) is 2.85. The molecule has 2 heterocycles. The first-order valence-electron chi connectivity index (χ1n) is 6.41. The van der Waals surface area contributed by atoms with Crippen LogP contribution in [0, 0.1) is 11.3 Å². The molecule has 0 radical (unpaired) electrons. The minimum atomic E-state index is -0.342. The average molecular weight is 310 g/mol. The maximum Gasteiger partial charge on any atom is 0.293 e. The van der Waals surface area contributed by atoms with E-state index in [1.54, 1.807) is 30.3 Å². The van der Waals surface area contributed by atoms with Crippen molar-refractivity contribution in [1.82, 2.24) is 4.90 Å². The van der Waals surface area contributed by atoms with E-state index < -0.39 is 0 Å². The lowest BCUT2D eigenvalue weighted by molar-refractivity contribution is -0.121. The number of thioether (sulfide) groups is 1. The Balaban J connectivity index is 1.94. The molecule has 0 bridgehead atoms. The van der Waals surface area contributed by atoms with Gasteiger partial charge in [-0.15, -0.1) is 0 Å². The fourth-order valence-electron chi connectivity index (χ4n) is 2.05. The zero-order chi connectivity index (χ0) is 15.7. The summed E-state index contributed by atoms with van der Waals surface area (Å²) in [5.74, 6) is 0.659. The fraction of sp³-hybridized carbons (Fsp3) is 0.0625. The van der Waals surface area contributed by atoms with Gasteiger partial charge >= 0.3 is 0 Å². The lowest BCUT2D eigenvalue weighted by Gasteiger charge is -2.00. The predicted octanol–water partition coefficient (Wildman–Crippen LogP) is 3.48. The van der Waals surface area contributed by atoms with Crippen LogP contribution >= 0.6 is 11.8 Å². The molecular weight excluding hydrogens is 300 g/mol. The molecule has 1 saturated heterocycles. The van der Waals surface area contributed by atoms with Gasteiger partial charge in [0.15, 0.2) is 0 Å². The highest BCUT2D eigenvalue weighted by Gasteiger charge is 2.32. The van der Waals surface area contributed by atoms with Crippen LogP contribution in [-0.4, -0.2) is 23.1 Å². The van der Waals surface area contributed by atoms with Crippen LogP contribution in [0.25, 0.3) is 17.4 Å². The van der Waals surface area contributed by atoms with Gasteiger partial charge in [-0.05, 0) is 36.0 Å². The van der Waals surface area contributed by atoms with E-state index >= 15 is 0 Å². The summed E-state index contributed by atoms with van der Waals surface area (Å²) in [4.78, 5) is 24.7. The van der Waals surface area contributed by atoms with Crippen molar-refractivity contribution in [3.8, 4) is 17.4 Å². The zero-order valence-electron chi connectivity index (χ0n) is 11.6. The number of carbonyl (C=O) groups is 2.